The molecule has 0 fully saturated rings. The Balaban J connectivity index is -0.000000180. The van der Waals surface area contributed by atoms with Crippen molar-refractivity contribution in [2.45, 2.75) is 0 Å². The van der Waals surface area contributed by atoms with Gasteiger partial charge < -0.3 is 12.5 Å². The first-order valence-corrected chi connectivity index (χ1v) is 3.23. The van der Waals surface area contributed by atoms with E-state index >= 15 is 0 Å². The summed E-state index contributed by atoms with van der Waals surface area (Å²) < 4.78 is 27.1. The minimum absolute atomic E-state index is 0. The van der Waals surface area contributed by atoms with Crippen molar-refractivity contribution < 1.29 is 47.6 Å². The van der Waals surface area contributed by atoms with Crippen LogP contribution in [0.5, 0.6) is 0 Å². The summed E-state index contributed by atoms with van der Waals surface area (Å²) in [6, 6.07) is 0. The zero-order chi connectivity index (χ0) is 5.91. The van der Waals surface area contributed by atoms with E-state index in [4.69, 9.17) is 9.66 Å². The first kappa shape index (κ1) is 16.5. The summed E-state index contributed by atoms with van der Waals surface area (Å²) in [4.78, 5) is 0. The second kappa shape index (κ2) is 6.98. The third-order valence-corrected chi connectivity index (χ3v) is 1.05. The monoisotopic (exact) mass is 164 g/mol. The minimum Gasteiger partial charge on any atom is -0.395 e. The molecule has 4 nitrogen and oxygen atoms in total. The van der Waals surface area contributed by atoms with E-state index in [1.54, 1.807) is 0 Å². The summed E-state index contributed by atoms with van der Waals surface area (Å²) >= 11 is 0. The van der Waals surface area contributed by atoms with Crippen molar-refractivity contribution >= 4 is 10.1 Å². The van der Waals surface area contributed by atoms with Crippen LogP contribution in [0.2, 0.25) is 0 Å². The molecule has 0 aliphatic carbocycles. The molecule has 6 heteroatoms. The topological polar surface area (TPSA) is 74.6 Å². The number of hydrogen-bond acceptors (Lipinski definition) is 3. The van der Waals surface area contributed by atoms with E-state index in [9.17, 15) is 8.42 Å². The second-order valence-electron chi connectivity index (χ2n) is 1.01. The van der Waals surface area contributed by atoms with Crippen LogP contribution in [0.1, 0.15) is 0 Å². The molecule has 0 saturated carbocycles. The van der Waals surface area contributed by atoms with Gasteiger partial charge in [-0.1, -0.05) is 0 Å². The van der Waals surface area contributed by atoms with Gasteiger partial charge in [-0.3, -0.25) is 4.55 Å². The van der Waals surface area contributed by atoms with Crippen LogP contribution in [0.25, 0.3) is 0 Å². The molecule has 0 unspecified atom stereocenters. The van der Waals surface area contributed by atoms with Gasteiger partial charge in [0.2, 0.25) is 0 Å². The number of aliphatic hydroxyl groups is 1. The minimum atomic E-state index is -3.92. The van der Waals surface area contributed by atoms with Crippen molar-refractivity contribution in [3.8, 4) is 0 Å². The van der Waals surface area contributed by atoms with Gasteiger partial charge in [0.1, 0.15) is 0 Å². The van der Waals surface area contributed by atoms with Gasteiger partial charge in [-0.15, -0.1) is 0 Å². The van der Waals surface area contributed by atoms with Gasteiger partial charge in [0.05, 0.1) is 12.4 Å². The predicted molar refractivity (Wildman–Crippen MR) is 29.9 cm³/mol. The predicted octanol–water partition coefficient (Wildman–Crippen LogP) is -3.68. The van der Waals surface area contributed by atoms with Crippen LogP contribution in [0.15, 0.2) is 0 Å². The summed E-state index contributed by atoms with van der Waals surface area (Å²) in [5.74, 6) is -0.576. The van der Waals surface area contributed by atoms with Crippen LogP contribution in [0.3, 0.4) is 0 Å². The molecule has 0 amide bonds. The summed E-state index contributed by atoms with van der Waals surface area (Å²) in [6.45, 7) is -0.529. The third kappa shape index (κ3) is 17.7. The Hall–Kier alpha value is 0.870. The Morgan fingerprint density at radius 3 is 1.67 bits per heavy atom. The second-order valence-corrected chi connectivity index (χ2v) is 2.58. The fraction of sp³-hybridized carbons (Fsp3) is 0.667. The van der Waals surface area contributed by atoms with Crippen molar-refractivity contribution in [3.63, 3.8) is 0 Å². The molecule has 0 bridgehead atoms. The summed E-state index contributed by atoms with van der Waals surface area (Å²) in [5, 5.41) is 7.86. The number of aliphatic hydroxyl groups excluding tert-OH is 1. The molecule has 52 valence electrons. The van der Waals surface area contributed by atoms with E-state index in [0.29, 0.717) is 0 Å². The Morgan fingerprint density at radius 1 is 1.33 bits per heavy atom. The largest absolute Gasteiger partial charge is 1.00 e. The van der Waals surface area contributed by atoms with Crippen molar-refractivity contribution in [1.29, 1.82) is 0 Å². The fourth-order valence-electron chi connectivity index (χ4n) is 0.115. The molecule has 0 radical (unpaired) electrons. The van der Waals surface area contributed by atoms with Crippen molar-refractivity contribution in [2.24, 2.45) is 0 Å². The average molecular weight is 164 g/mol. The molecule has 0 aromatic heterocycles. The van der Waals surface area contributed by atoms with E-state index in [-0.39, 0.29) is 37.0 Å². The van der Waals surface area contributed by atoms with Gasteiger partial charge in [0.25, 0.3) is 10.1 Å². The molecule has 0 aromatic carbocycles. The maximum absolute atomic E-state index is 9.63. The van der Waals surface area contributed by atoms with E-state index in [1.807, 2.05) is 0 Å². The van der Waals surface area contributed by atoms with Gasteiger partial charge in [-0.05, 0) is 0 Å². The maximum Gasteiger partial charge on any atom is 1.00 e. The summed E-state index contributed by atoms with van der Waals surface area (Å²) in [7, 11) is -3.92. The molecule has 0 rings (SSSR count). The Labute approximate surface area is 77.3 Å². The van der Waals surface area contributed by atoms with Crippen molar-refractivity contribution in [3.05, 3.63) is 7.43 Å². The van der Waals surface area contributed by atoms with Crippen LogP contribution >= 0.6 is 0 Å². The molecular weight excluding hydrogens is 155 g/mol. The van der Waals surface area contributed by atoms with Crippen LogP contribution in [-0.2, 0) is 10.1 Å². The van der Waals surface area contributed by atoms with E-state index in [1.165, 1.54) is 0 Å². The van der Waals surface area contributed by atoms with Gasteiger partial charge in [-0.2, -0.15) is 8.42 Å². The Kier molecular flexibility index (Phi) is 12.8. The summed E-state index contributed by atoms with van der Waals surface area (Å²) in [5.41, 5.74) is 0. The van der Waals surface area contributed by atoms with Crippen LogP contribution in [0.4, 0.5) is 0 Å². The average Bonchev–Trinajstić information content (AvgIpc) is 1.30. The molecule has 0 aliphatic heterocycles. The molecular formula is C3H9NaO4S. The number of rotatable bonds is 2. The third-order valence-electron chi connectivity index (χ3n) is 0.349. The summed E-state index contributed by atoms with van der Waals surface area (Å²) in [6.07, 6.45) is 0. The molecule has 0 heterocycles. The molecule has 0 aliphatic rings. The smallest absolute Gasteiger partial charge is 0.395 e. The zero-order valence-corrected chi connectivity index (χ0v) is 8.35. The van der Waals surface area contributed by atoms with Crippen LogP contribution in [0, 0.1) is 7.43 Å². The number of hydrogen-bond donors (Lipinski definition) is 2. The Bertz CT molecular complexity index is 129. The maximum atomic E-state index is 9.63. The van der Waals surface area contributed by atoms with Gasteiger partial charge in [0.15, 0.2) is 0 Å². The van der Waals surface area contributed by atoms with Crippen LogP contribution in [-0.4, -0.2) is 30.4 Å². The molecule has 0 spiro atoms. The first-order valence-electron chi connectivity index (χ1n) is 1.62. The molecule has 2 N–H and O–H groups in total. The van der Waals surface area contributed by atoms with Gasteiger partial charge in [-0.25, -0.2) is 0 Å². The zero-order valence-electron chi connectivity index (χ0n) is 5.53. The van der Waals surface area contributed by atoms with Gasteiger partial charge in [0, 0.05) is 0 Å². The first-order chi connectivity index (χ1) is 3.06. The Morgan fingerprint density at radius 2 is 1.67 bits per heavy atom. The van der Waals surface area contributed by atoms with Crippen molar-refractivity contribution in [2.75, 3.05) is 12.4 Å². The van der Waals surface area contributed by atoms with E-state index in [2.05, 4.69) is 0 Å². The van der Waals surface area contributed by atoms with Crippen LogP contribution < -0.4 is 29.6 Å². The van der Waals surface area contributed by atoms with E-state index in [0.717, 1.165) is 0 Å². The SMILES string of the molecule is O=S(=O)(O)CCO.[CH3-].[Na+]. The molecule has 9 heavy (non-hydrogen) atoms. The molecule has 0 saturated heterocycles. The van der Waals surface area contributed by atoms with E-state index < -0.39 is 22.5 Å². The normalized spacial score (nSPS) is 9.11. The fourth-order valence-corrected chi connectivity index (χ4v) is 0.346. The molecule has 0 aromatic rings. The molecule has 0 atom stereocenters. The quantitative estimate of drug-likeness (QED) is 0.250. The van der Waals surface area contributed by atoms with Gasteiger partial charge >= 0.3 is 29.6 Å². The van der Waals surface area contributed by atoms with Crippen molar-refractivity contribution in [1.82, 2.24) is 0 Å². The standard InChI is InChI=1S/C2H6O4S.CH3.Na/c3-1-2-7(4,5)6;;/h3H,1-2H2,(H,4,5,6);1H3;/q;-1;+1.